The maximum absolute atomic E-state index is 13.6. The zero-order chi connectivity index (χ0) is 40.4. The molecule has 57 heavy (non-hydrogen) atoms. The van der Waals surface area contributed by atoms with Gasteiger partial charge < -0.3 is 44.1 Å². The van der Waals surface area contributed by atoms with Gasteiger partial charge in [-0.05, 0) is 69.6 Å². The van der Waals surface area contributed by atoms with Crippen LogP contribution >= 0.6 is 11.3 Å². The Morgan fingerprint density at radius 3 is 2.79 bits per heavy atom. The molecule has 6 heterocycles. The quantitative estimate of drug-likeness (QED) is 0.153. The van der Waals surface area contributed by atoms with Crippen molar-refractivity contribution in [2.24, 2.45) is 5.92 Å². The maximum Gasteiger partial charge on any atom is 0.328 e. The lowest BCUT2D eigenvalue weighted by atomic mass is 9.72. The number of methoxy groups -OCH3 is 1. The third-order valence-corrected chi connectivity index (χ3v) is 12.4. The second-order valence-corrected chi connectivity index (χ2v) is 16.8. The van der Waals surface area contributed by atoms with Gasteiger partial charge >= 0.3 is 5.97 Å². The molecule has 2 saturated heterocycles. The van der Waals surface area contributed by atoms with Crippen molar-refractivity contribution in [3.05, 3.63) is 46.0 Å². The number of aliphatic hydroxyl groups excluding tert-OH is 1. The van der Waals surface area contributed by atoms with Crippen LogP contribution < -0.4 is 15.4 Å². The van der Waals surface area contributed by atoms with Crippen LogP contribution in [0.5, 0.6) is 5.88 Å². The summed E-state index contributed by atoms with van der Waals surface area (Å²) in [5, 5.41) is 29.0. The number of carbonyl (C=O) groups is 2. The number of fused-ring (bicyclic) bond motifs is 1. The summed E-state index contributed by atoms with van der Waals surface area (Å²) in [6, 6.07) is 4.98. The smallest absolute Gasteiger partial charge is 0.328 e. The number of likely N-dealkylation sites (tertiary alicyclic amines) is 1. The Kier molecular flexibility index (Phi) is 11.8. The topological polar surface area (TPSA) is 223 Å². The normalized spacial score (nSPS) is 23.2. The number of hydrogen-bond donors (Lipinski definition) is 2. The number of β-amino-alcohol motifs (C(OH)–C–C–N with tert-alkyl or cyclic N) is 1. The molecule has 3 aliphatic rings. The summed E-state index contributed by atoms with van der Waals surface area (Å²) in [5.41, 5.74) is 7.57. The first-order valence-electron chi connectivity index (χ1n) is 19.6. The van der Waals surface area contributed by atoms with E-state index in [1.165, 1.54) is 23.3 Å². The standard InChI is InChI=1S/C39H50N10O7S/c1-22(2)31(35(51)49-21-24(50)17-27(49)36(52)53-5)28-18-30(45-55-28)54-16-8-14-47-13-7-15-48(23(3)20-47)38-42-12-10-26(43-38)34-44-37(56-46-34)39(4)11-6-9-29-32(39)25(19-40)33(41)57-29/h10,12,18,22-24,27,31,50H,6-9,11,13-17,20-21,41H2,1-5H3/t23-,24+,27-,31?,39-/m0/s1. The van der Waals surface area contributed by atoms with Crippen LogP contribution in [0.15, 0.2) is 27.4 Å². The lowest BCUT2D eigenvalue weighted by molar-refractivity contribution is -0.152. The molecule has 0 aromatic carbocycles. The second-order valence-electron chi connectivity index (χ2n) is 15.7. The molecule has 0 saturated carbocycles. The molecule has 0 radical (unpaired) electrons. The van der Waals surface area contributed by atoms with E-state index in [9.17, 15) is 20.0 Å². The van der Waals surface area contributed by atoms with Crippen LogP contribution in [0, 0.1) is 17.2 Å². The molecular weight excluding hydrogens is 753 g/mol. The molecule has 17 nitrogen and oxygen atoms in total. The number of nitrogen functional groups attached to an aromatic ring is 1. The summed E-state index contributed by atoms with van der Waals surface area (Å²) in [7, 11) is 1.27. The summed E-state index contributed by atoms with van der Waals surface area (Å²) in [6.45, 7) is 11.7. The first-order valence-corrected chi connectivity index (χ1v) is 20.4. The van der Waals surface area contributed by atoms with Gasteiger partial charge in [-0.1, -0.05) is 19.0 Å². The number of ether oxygens (including phenoxy) is 2. The summed E-state index contributed by atoms with van der Waals surface area (Å²) >= 11 is 1.47. The van der Waals surface area contributed by atoms with Gasteiger partial charge in [-0.3, -0.25) is 4.79 Å². The highest BCUT2D eigenvalue weighted by molar-refractivity contribution is 7.16. The molecule has 4 aromatic rings. The van der Waals surface area contributed by atoms with Gasteiger partial charge in [-0.15, -0.1) is 11.3 Å². The number of anilines is 2. The van der Waals surface area contributed by atoms with Crippen molar-refractivity contribution < 1.29 is 33.2 Å². The van der Waals surface area contributed by atoms with Gasteiger partial charge in [0.2, 0.25) is 23.6 Å². The number of amides is 1. The number of carbonyl (C=O) groups excluding carboxylic acids is 2. The fourth-order valence-electron chi connectivity index (χ4n) is 8.50. The lowest BCUT2D eigenvalue weighted by Gasteiger charge is -2.30. The van der Waals surface area contributed by atoms with Crippen molar-refractivity contribution in [2.75, 3.05) is 57.1 Å². The minimum absolute atomic E-state index is 0.0480. The van der Waals surface area contributed by atoms with Gasteiger partial charge in [0, 0.05) is 61.3 Å². The summed E-state index contributed by atoms with van der Waals surface area (Å²) in [5.74, 6) is 0.301. The highest BCUT2D eigenvalue weighted by Crippen LogP contribution is 2.48. The molecule has 4 aromatic heterocycles. The van der Waals surface area contributed by atoms with Crippen molar-refractivity contribution >= 4 is 34.2 Å². The monoisotopic (exact) mass is 802 g/mol. The van der Waals surface area contributed by atoms with Gasteiger partial charge in [0.1, 0.15) is 28.7 Å². The predicted octanol–water partition coefficient (Wildman–Crippen LogP) is 3.92. The Hall–Kier alpha value is -5.12. The maximum atomic E-state index is 13.6. The average molecular weight is 803 g/mol. The number of rotatable bonds is 12. The van der Waals surface area contributed by atoms with E-state index in [0.717, 1.165) is 68.7 Å². The van der Waals surface area contributed by atoms with E-state index >= 15 is 0 Å². The molecule has 304 valence electrons. The molecule has 1 aliphatic carbocycles. The fourth-order valence-corrected chi connectivity index (χ4v) is 9.69. The van der Waals surface area contributed by atoms with Crippen molar-refractivity contribution in [3.63, 3.8) is 0 Å². The third kappa shape index (κ3) is 8.05. The summed E-state index contributed by atoms with van der Waals surface area (Å²) < 4.78 is 22.3. The Balaban J connectivity index is 0.936. The molecule has 7 rings (SSSR count). The number of aryl methyl sites for hydroxylation is 1. The number of aromatic nitrogens is 5. The Bertz CT molecular complexity index is 2110. The van der Waals surface area contributed by atoms with Crippen LogP contribution in [-0.2, 0) is 26.2 Å². The second kappa shape index (κ2) is 16.8. The van der Waals surface area contributed by atoms with Crippen LogP contribution in [-0.4, -0.2) is 117 Å². The van der Waals surface area contributed by atoms with E-state index in [2.05, 4.69) is 38.1 Å². The van der Waals surface area contributed by atoms with Crippen LogP contribution in [0.1, 0.15) is 93.4 Å². The van der Waals surface area contributed by atoms with Crippen LogP contribution in [0.2, 0.25) is 0 Å². The third-order valence-electron chi connectivity index (χ3n) is 11.4. The molecule has 0 spiro atoms. The molecule has 2 aliphatic heterocycles. The number of nitriles is 1. The molecule has 2 fully saturated rings. The first kappa shape index (κ1) is 40.1. The Labute approximate surface area is 335 Å². The molecule has 0 bridgehead atoms. The largest absolute Gasteiger partial charge is 0.475 e. The van der Waals surface area contributed by atoms with E-state index in [1.807, 2.05) is 20.8 Å². The van der Waals surface area contributed by atoms with Gasteiger partial charge in [0.05, 0.1) is 30.8 Å². The molecule has 1 amide bonds. The Morgan fingerprint density at radius 1 is 1.19 bits per heavy atom. The fraction of sp³-hybridized carbons (Fsp3) is 0.590. The van der Waals surface area contributed by atoms with Gasteiger partial charge in [0.15, 0.2) is 5.76 Å². The van der Waals surface area contributed by atoms with Crippen LogP contribution in [0.25, 0.3) is 11.5 Å². The lowest BCUT2D eigenvalue weighted by Crippen LogP contribution is -2.44. The molecular formula is C39H50N10O7S. The zero-order valence-corrected chi connectivity index (χ0v) is 33.8. The summed E-state index contributed by atoms with van der Waals surface area (Å²) in [4.78, 5) is 47.4. The van der Waals surface area contributed by atoms with Crippen molar-refractivity contribution in [3.8, 4) is 23.5 Å². The minimum Gasteiger partial charge on any atom is -0.475 e. The van der Waals surface area contributed by atoms with Crippen LogP contribution in [0.4, 0.5) is 10.9 Å². The van der Waals surface area contributed by atoms with Crippen molar-refractivity contribution in [1.82, 2.24) is 35.1 Å². The highest BCUT2D eigenvalue weighted by Gasteiger charge is 2.45. The number of hydrogen-bond acceptors (Lipinski definition) is 17. The number of nitrogens with zero attached hydrogens (tertiary/aromatic N) is 9. The first-order chi connectivity index (χ1) is 27.4. The zero-order valence-electron chi connectivity index (χ0n) is 33.0. The van der Waals surface area contributed by atoms with Crippen molar-refractivity contribution in [2.45, 2.75) is 95.7 Å². The number of nitrogens with two attached hydrogens (primary N) is 1. The van der Waals surface area contributed by atoms with Crippen molar-refractivity contribution in [1.29, 1.82) is 5.26 Å². The van der Waals surface area contributed by atoms with E-state index < -0.39 is 29.4 Å². The molecule has 3 N–H and O–H groups in total. The number of aliphatic hydroxyl groups is 1. The van der Waals surface area contributed by atoms with E-state index in [4.69, 9.17) is 34.2 Å². The predicted molar refractivity (Wildman–Crippen MR) is 208 cm³/mol. The minimum atomic E-state index is -0.845. The van der Waals surface area contributed by atoms with Gasteiger partial charge in [-0.2, -0.15) is 10.2 Å². The van der Waals surface area contributed by atoms with E-state index in [0.29, 0.717) is 46.3 Å². The van der Waals surface area contributed by atoms with Gasteiger partial charge in [0.25, 0.3) is 5.88 Å². The highest BCUT2D eigenvalue weighted by atomic mass is 32.1. The molecule has 5 atom stereocenters. The average Bonchev–Trinajstić information content (AvgIpc) is 3.99. The SMILES string of the molecule is COC(=O)[C@@H]1C[C@@H](O)CN1C(=O)C(c1cc(OCCCN2CCCN(c3nccc(-c4noc([C@@]5(C)CCCc6sc(N)c(C#N)c65)n4)n3)[C@@H](C)C2)no1)C(C)C. The molecule has 1 unspecified atom stereocenters. The Morgan fingerprint density at radius 2 is 2.02 bits per heavy atom. The molecule has 18 heteroatoms. The van der Waals surface area contributed by atoms with E-state index in [1.54, 1.807) is 18.3 Å². The number of thiophene rings is 1. The van der Waals surface area contributed by atoms with Gasteiger partial charge in [-0.25, -0.2) is 14.8 Å². The summed E-state index contributed by atoms with van der Waals surface area (Å²) in [6.07, 6.45) is 5.28. The van der Waals surface area contributed by atoms with Crippen LogP contribution in [0.3, 0.4) is 0 Å². The number of esters is 1. The van der Waals surface area contributed by atoms with E-state index in [-0.39, 0.29) is 36.7 Å².